The second kappa shape index (κ2) is 25.7. The zero-order valence-corrected chi connectivity index (χ0v) is 0. The van der Waals surface area contributed by atoms with Gasteiger partial charge >= 0.3 is 96.3 Å². The van der Waals surface area contributed by atoms with Crippen molar-refractivity contribution < 1.29 is 0 Å². The number of hydrogen-bond donors (Lipinski definition) is 0. The van der Waals surface area contributed by atoms with Crippen molar-refractivity contribution in [2.24, 2.45) is 0 Å². The van der Waals surface area contributed by atoms with Crippen LogP contribution in [0.5, 0.6) is 0 Å². The molecule has 0 spiro atoms. The summed E-state index contributed by atoms with van der Waals surface area (Å²) in [5.74, 6) is 0. The molecule has 0 fully saturated rings. The average Bonchev–Trinajstić information content (AvgIpc) is 0. The minimum atomic E-state index is 0. The van der Waals surface area contributed by atoms with Crippen molar-refractivity contribution in [1.82, 2.24) is 0 Å². The molecule has 0 atom stereocenters. The number of hydrogen-bond acceptors (Lipinski definition) is 0. The van der Waals surface area contributed by atoms with Crippen molar-refractivity contribution in [2.75, 3.05) is 0 Å². The molecule has 5 heavy (non-hydrogen) atoms. The Kier molecular flexibility index (Phi) is 198. The first-order chi connectivity index (χ1) is 0. The molecule has 0 unspecified atom stereocenters. The Morgan fingerprint density at radius 3 is 1.00 bits per heavy atom. The van der Waals surface area contributed by atoms with Gasteiger partial charge in [-0.05, 0) is 0 Å². The van der Waals surface area contributed by atoms with Gasteiger partial charge in [0, 0.05) is 0 Å². The van der Waals surface area contributed by atoms with Crippen LogP contribution in [-0.4, -0.2) is 114 Å². The molecule has 18 valence electrons. The molecule has 0 aliphatic rings. The Hall–Kier alpha value is 3.56. The molecule has 0 aromatic heterocycles. The van der Waals surface area contributed by atoms with Gasteiger partial charge < -0.3 is 0 Å². The fourth-order valence-corrected chi connectivity index (χ4v) is 0. The van der Waals surface area contributed by atoms with Crippen molar-refractivity contribution >= 4 is 114 Å². The van der Waals surface area contributed by atoms with Gasteiger partial charge in [-0.3, -0.25) is 0 Å². The maximum atomic E-state index is 0. The fraction of sp³-hybridized carbons (Fsp3) is 0. The molecule has 0 nitrogen and oxygen atoms in total. The normalized spacial score (nSPS) is 0. The van der Waals surface area contributed by atoms with Crippen LogP contribution in [0, 0.1) is 0 Å². The Balaban J connectivity index is 0. The topological polar surface area (TPSA) is 0 Å². The summed E-state index contributed by atoms with van der Waals surface area (Å²) in [4.78, 5) is 0. The molecule has 0 bridgehead atoms. The third-order valence-electron chi connectivity index (χ3n) is 0. The van der Waals surface area contributed by atoms with E-state index in [0.717, 1.165) is 0 Å². The molecule has 0 saturated carbocycles. The summed E-state index contributed by atoms with van der Waals surface area (Å²) in [6, 6.07) is 0. The molecule has 0 amide bonds. The zero-order chi connectivity index (χ0) is 0. The van der Waals surface area contributed by atoms with E-state index >= 15 is 0 Å². The monoisotopic (exact) mass is 115 g/mol. The Morgan fingerprint density at radius 1 is 1.00 bits per heavy atom. The van der Waals surface area contributed by atoms with Crippen molar-refractivity contribution in [3.63, 3.8) is 0 Å². The quantitative estimate of drug-likeness (QED) is 0.280. The Bertz CT molecular complexity index is 11.6. The second-order valence-corrected chi connectivity index (χ2v) is 0. The van der Waals surface area contributed by atoms with Crippen LogP contribution in [-0.2, 0) is 0 Å². The fourth-order valence-electron chi connectivity index (χ4n) is 0. The summed E-state index contributed by atoms with van der Waals surface area (Å²) >= 11 is 0. The Morgan fingerprint density at radius 2 is 1.00 bits per heavy atom. The van der Waals surface area contributed by atoms with Crippen LogP contribution in [0.3, 0.4) is 0 Å². The molecule has 0 aromatic carbocycles. The van der Waals surface area contributed by atoms with E-state index in [1.807, 2.05) is 0 Å². The van der Waals surface area contributed by atoms with E-state index in [-0.39, 0.29) is 114 Å². The van der Waals surface area contributed by atoms with Crippen LogP contribution in [0.25, 0.3) is 0 Å². The summed E-state index contributed by atoms with van der Waals surface area (Å²) < 4.78 is 0. The van der Waals surface area contributed by atoms with Gasteiger partial charge in [0.2, 0.25) is 0 Å². The molecule has 0 saturated heterocycles. The molecule has 0 rings (SSSR count). The summed E-state index contributed by atoms with van der Waals surface area (Å²) in [6.07, 6.45) is 0. The Labute approximate surface area is 111 Å². The van der Waals surface area contributed by atoms with E-state index in [2.05, 4.69) is 0 Å². The van der Waals surface area contributed by atoms with Gasteiger partial charge in [0.25, 0.3) is 0 Å². The first-order valence-corrected chi connectivity index (χ1v) is 0. The van der Waals surface area contributed by atoms with Crippen LogP contribution < -0.4 is 0 Å². The van der Waals surface area contributed by atoms with Gasteiger partial charge in [-0.15, -0.1) is 0 Å². The third kappa shape index (κ3) is 18.4. The van der Waals surface area contributed by atoms with Gasteiger partial charge in [-0.25, -0.2) is 0 Å². The first-order valence-electron chi connectivity index (χ1n) is 0. The van der Waals surface area contributed by atoms with Crippen molar-refractivity contribution in [1.29, 1.82) is 0 Å². The van der Waals surface area contributed by atoms with Gasteiger partial charge in [0.1, 0.15) is 0 Å². The molecule has 0 N–H and O–H groups in total. The van der Waals surface area contributed by atoms with E-state index in [1.54, 1.807) is 0 Å². The molecule has 0 aliphatic carbocycles. The van der Waals surface area contributed by atoms with E-state index in [0.29, 0.717) is 0 Å². The minimum absolute atomic E-state index is 0. The number of rotatable bonds is 0. The predicted octanol–water partition coefficient (Wildman–Crippen LogP) is -4.31. The van der Waals surface area contributed by atoms with Crippen LogP contribution in [0.4, 0.5) is 0 Å². The van der Waals surface area contributed by atoms with E-state index in [4.69, 9.17) is 0 Å². The molecular formula is H9AlBeCaLiNa. The molecule has 0 radical (unpaired) electrons. The summed E-state index contributed by atoms with van der Waals surface area (Å²) in [7, 11) is 0. The molecule has 0 heterocycles. The predicted molar refractivity (Wildman–Crippen MR) is 41.3 cm³/mol. The zero-order valence-electron chi connectivity index (χ0n) is 0. The van der Waals surface area contributed by atoms with Gasteiger partial charge in [0.05, 0.1) is 0 Å². The van der Waals surface area contributed by atoms with Gasteiger partial charge in [-0.1, -0.05) is 0 Å². The van der Waals surface area contributed by atoms with Crippen molar-refractivity contribution in [3.8, 4) is 0 Å². The van der Waals surface area contributed by atoms with Crippen molar-refractivity contribution in [2.45, 2.75) is 0 Å². The SMILES string of the molecule is [AlH3].[BeH2].[CaH2].[LiH].[NaH]. The molecular weight excluding hydrogens is 106 g/mol. The van der Waals surface area contributed by atoms with E-state index in [1.165, 1.54) is 0 Å². The van der Waals surface area contributed by atoms with Crippen LogP contribution in [0.15, 0.2) is 0 Å². The van der Waals surface area contributed by atoms with Crippen molar-refractivity contribution in [3.05, 3.63) is 0 Å². The van der Waals surface area contributed by atoms with E-state index in [9.17, 15) is 0 Å². The van der Waals surface area contributed by atoms with Gasteiger partial charge in [0.15, 0.2) is 17.4 Å². The first kappa shape index (κ1) is 38.6. The average molecular weight is 115 g/mol. The third-order valence-corrected chi connectivity index (χ3v) is 0. The van der Waals surface area contributed by atoms with Crippen LogP contribution >= 0.6 is 0 Å². The molecule has 0 aromatic rings. The second-order valence-electron chi connectivity index (χ2n) is 0. The summed E-state index contributed by atoms with van der Waals surface area (Å²) in [6.45, 7) is 0. The maximum absolute atomic E-state index is 0. The molecule has 0 aliphatic heterocycles. The van der Waals surface area contributed by atoms with Crippen LogP contribution in [0.2, 0.25) is 0 Å². The van der Waals surface area contributed by atoms with Gasteiger partial charge in [-0.2, -0.15) is 0 Å². The van der Waals surface area contributed by atoms with Crippen LogP contribution in [0.1, 0.15) is 0 Å². The van der Waals surface area contributed by atoms with E-state index < -0.39 is 0 Å². The summed E-state index contributed by atoms with van der Waals surface area (Å²) in [5.41, 5.74) is 0. The standard InChI is InChI=1S/Al.Be.Ca.Li.Na.9H. The molecule has 5 heteroatoms. The summed E-state index contributed by atoms with van der Waals surface area (Å²) in [5, 5.41) is 0.